The van der Waals surface area contributed by atoms with Crippen molar-refractivity contribution < 1.29 is 14.7 Å². The summed E-state index contributed by atoms with van der Waals surface area (Å²) in [5.74, 6) is -0.267. The fourth-order valence-electron chi connectivity index (χ4n) is 1.90. The smallest absolute Gasteiger partial charge is 0.240 e. The van der Waals surface area contributed by atoms with E-state index in [0.717, 1.165) is 0 Å². The lowest BCUT2D eigenvalue weighted by atomic mass is 10.2. The summed E-state index contributed by atoms with van der Waals surface area (Å²) in [6.07, 6.45) is -0.0443. The van der Waals surface area contributed by atoms with Crippen LogP contribution in [0.4, 0.5) is 0 Å². The van der Waals surface area contributed by atoms with Crippen LogP contribution < -0.4 is 10.6 Å². The van der Waals surface area contributed by atoms with Crippen LogP contribution in [0.5, 0.6) is 0 Å². The molecule has 3 N–H and O–H groups in total. The van der Waals surface area contributed by atoms with Gasteiger partial charge in [-0.25, -0.2) is 0 Å². The van der Waals surface area contributed by atoms with E-state index < -0.39 is 6.10 Å². The van der Waals surface area contributed by atoms with E-state index in [-0.39, 0.29) is 36.8 Å². The van der Waals surface area contributed by atoms with Gasteiger partial charge in [-0.2, -0.15) is 0 Å². The lowest BCUT2D eigenvalue weighted by Crippen LogP contribution is -2.47. The minimum Gasteiger partial charge on any atom is -0.392 e. The van der Waals surface area contributed by atoms with Crippen molar-refractivity contribution in [3.63, 3.8) is 0 Å². The molecular weight excluding hydrogens is 258 g/mol. The zero-order valence-electron chi connectivity index (χ0n) is 10.8. The lowest BCUT2D eigenvalue weighted by Gasteiger charge is -2.23. The fourth-order valence-corrected chi connectivity index (χ4v) is 1.90. The number of carbonyl (C=O) groups excluding carboxylic acids is 2. The monoisotopic (exact) mass is 279 g/mol. The summed E-state index contributed by atoms with van der Waals surface area (Å²) < 4.78 is 0. The van der Waals surface area contributed by atoms with Crippen LogP contribution in [0.1, 0.15) is 20.3 Å². The number of halogens is 1. The number of hydrogen-bond donors (Lipinski definition) is 3. The first-order chi connectivity index (χ1) is 8.08. The van der Waals surface area contributed by atoms with E-state index in [2.05, 4.69) is 10.6 Å². The van der Waals surface area contributed by atoms with Gasteiger partial charge >= 0.3 is 0 Å². The molecule has 18 heavy (non-hydrogen) atoms. The van der Waals surface area contributed by atoms with Crippen LogP contribution in [0, 0.1) is 0 Å². The SMILES string of the molecule is CCNC(=O)CN(CC)C(=O)C1CC(O)CN1.Cl. The number of nitrogens with one attached hydrogen (secondary N) is 2. The number of β-amino-alcohol motifs (C(OH)–C–C–N with tert-alkyl or cyclic N) is 1. The molecule has 1 rings (SSSR count). The number of aliphatic hydroxyl groups is 1. The molecule has 0 aromatic rings. The van der Waals surface area contributed by atoms with Crippen LogP contribution in [0.3, 0.4) is 0 Å². The molecule has 6 nitrogen and oxygen atoms in total. The van der Waals surface area contributed by atoms with Crippen molar-refractivity contribution in [2.24, 2.45) is 0 Å². The van der Waals surface area contributed by atoms with E-state index in [1.54, 1.807) is 0 Å². The highest BCUT2D eigenvalue weighted by atomic mass is 35.5. The van der Waals surface area contributed by atoms with Gasteiger partial charge in [0.25, 0.3) is 0 Å². The van der Waals surface area contributed by atoms with E-state index in [4.69, 9.17) is 0 Å². The minimum absolute atomic E-state index is 0. The van der Waals surface area contributed by atoms with Crippen LogP contribution in [0.25, 0.3) is 0 Å². The molecule has 2 amide bonds. The summed E-state index contributed by atoms with van der Waals surface area (Å²) in [5, 5.41) is 15.0. The van der Waals surface area contributed by atoms with Crippen molar-refractivity contribution in [3.8, 4) is 0 Å². The fraction of sp³-hybridized carbons (Fsp3) is 0.818. The number of likely N-dealkylation sites (N-methyl/N-ethyl adjacent to an activating group) is 2. The Balaban J connectivity index is 0.00000289. The molecule has 1 fully saturated rings. The zero-order chi connectivity index (χ0) is 12.8. The molecule has 106 valence electrons. The second-order valence-corrected chi connectivity index (χ2v) is 4.16. The predicted molar refractivity (Wildman–Crippen MR) is 70.6 cm³/mol. The normalized spacial score (nSPS) is 22.2. The van der Waals surface area contributed by atoms with Gasteiger partial charge in [-0.15, -0.1) is 12.4 Å². The average molecular weight is 280 g/mol. The largest absolute Gasteiger partial charge is 0.392 e. The van der Waals surface area contributed by atoms with Gasteiger partial charge in [0.2, 0.25) is 11.8 Å². The van der Waals surface area contributed by atoms with Crippen molar-refractivity contribution in [2.45, 2.75) is 32.4 Å². The van der Waals surface area contributed by atoms with E-state index in [9.17, 15) is 14.7 Å². The van der Waals surface area contributed by atoms with Gasteiger partial charge in [0.15, 0.2) is 0 Å². The van der Waals surface area contributed by atoms with Crippen LogP contribution in [0.15, 0.2) is 0 Å². The third-order valence-corrected chi connectivity index (χ3v) is 2.81. The second-order valence-electron chi connectivity index (χ2n) is 4.16. The predicted octanol–water partition coefficient (Wildman–Crippen LogP) is -0.884. The third kappa shape index (κ3) is 4.80. The number of carbonyl (C=O) groups is 2. The molecule has 1 aliphatic heterocycles. The summed E-state index contributed by atoms with van der Waals surface area (Å²) >= 11 is 0. The maximum absolute atomic E-state index is 12.0. The summed E-state index contributed by atoms with van der Waals surface area (Å²) in [7, 11) is 0. The average Bonchev–Trinajstić information content (AvgIpc) is 2.72. The van der Waals surface area contributed by atoms with Crippen LogP contribution >= 0.6 is 12.4 Å². The first-order valence-corrected chi connectivity index (χ1v) is 6.05. The molecule has 1 saturated heterocycles. The maximum Gasteiger partial charge on any atom is 0.240 e. The number of rotatable bonds is 5. The van der Waals surface area contributed by atoms with Crippen molar-refractivity contribution in [3.05, 3.63) is 0 Å². The van der Waals surface area contributed by atoms with Crippen molar-refractivity contribution in [2.75, 3.05) is 26.2 Å². The molecule has 2 unspecified atom stereocenters. The van der Waals surface area contributed by atoms with Gasteiger partial charge in [-0.3, -0.25) is 9.59 Å². The Kier molecular flexibility index (Phi) is 7.90. The molecule has 0 bridgehead atoms. The van der Waals surface area contributed by atoms with Gasteiger partial charge in [-0.05, 0) is 20.3 Å². The highest BCUT2D eigenvalue weighted by Gasteiger charge is 2.31. The number of hydrogen-bond acceptors (Lipinski definition) is 4. The Morgan fingerprint density at radius 2 is 2.11 bits per heavy atom. The highest BCUT2D eigenvalue weighted by molar-refractivity contribution is 5.87. The van der Waals surface area contributed by atoms with Crippen molar-refractivity contribution in [1.29, 1.82) is 0 Å². The molecule has 0 spiro atoms. The molecule has 0 saturated carbocycles. The van der Waals surface area contributed by atoms with E-state index in [1.807, 2.05) is 13.8 Å². The molecule has 1 heterocycles. The van der Waals surface area contributed by atoms with Gasteiger partial charge < -0.3 is 20.6 Å². The van der Waals surface area contributed by atoms with Gasteiger partial charge in [0.1, 0.15) is 0 Å². The Morgan fingerprint density at radius 1 is 1.44 bits per heavy atom. The van der Waals surface area contributed by atoms with Crippen LogP contribution in [0.2, 0.25) is 0 Å². The second kappa shape index (κ2) is 8.29. The van der Waals surface area contributed by atoms with Crippen molar-refractivity contribution in [1.82, 2.24) is 15.5 Å². The van der Waals surface area contributed by atoms with Gasteiger partial charge in [0, 0.05) is 19.6 Å². The number of amides is 2. The quantitative estimate of drug-likeness (QED) is 0.610. The Morgan fingerprint density at radius 3 is 2.56 bits per heavy atom. The number of nitrogens with zero attached hydrogens (tertiary/aromatic N) is 1. The molecule has 0 radical (unpaired) electrons. The maximum atomic E-state index is 12.0. The zero-order valence-corrected chi connectivity index (χ0v) is 11.6. The number of aliphatic hydroxyl groups excluding tert-OH is 1. The lowest BCUT2D eigenvalue weighted by molar-refractivity contribution is -0.137. The summed E-state index contributed by atoms with van der Waals surface area (Å²) in [5.41, 5.74) is 0. The first kappa shape index (κ1) is 17.2. The molecule has 2 atom stereocenters. The summed E-state index contributed by atoms with van der Waals surface area (Å²) in [6, 6.07) is -0.362. The molecule has 7 heteroatoms. The topological polar surface area (TPSA) is 81.7 Å². The van der Waals surface area contributed by atoms with Crippen LogP contribution in [-0.2, 0) is 9.59 Å². The Labute approximate surface area is 114 Å². The van der Waals surface area contributed by atoms with Crippen molar-refractivity contribution >= 4 is 24.2 Å². The first-order valence-electron chi connectivity index (χ1n) is 6.05. The Hall–Kier alpha value is -0.850. The molecule has 0 aromatic carbocycles. The molecule has 1 aliphatic rings. The van der Waals surface area contributed by atoms with Gasteiger partial charge in [0.05, 0.1) is 18.7 Å². The summed E-state index contributed by atoms with van der Waals surface area (Å²) in [4.78, 5) is 25.0. The Bertz CT molecular complexity index is 289. The molecule has 0 aromatic heterocycles. The minimum atomic E-state index is -0.466. The van der Waals surface area contributed by atoms with E-state index >= 15 is 0 Å². The highest BCUT2D eigenvalue weighted by Crippen LogP contribution is 2.09. The molecule has 0 aliphatic carbocycles. The summed E-state index contributed by atoms with van der Waals surface area (Å²) in [6.45, 7) is 5.25. The molecular formula is C11H22ClN3O3. The van der Waals surface area contributed by atoms with E-state index in [1.165, 1.54) is 4.90 Å². The van der Waals surface area contributed by atoms with Crippen LogP contribution in [-0.4, -0.2) is 60.1 Å². The van der Waals surface area contributed by atoms with Gasteiger partial charge in [-0.1, -0.05) is 0 Å². The third-order valence-electron chi connectivity index (χ3n) is 2.81. The van der Waals surface area contributed by atoms with E-state index in [0.29, 0.717) is 26.1 Å². The standard InChI is InChI=1S/C11H21N3O3.ClH/c1-3-12-10(16)7-14(4-2)11(17)9-5-8(15)6-13-9;/h8-9,13,15H,3-7H2,1-2H3,(H,12,16);1H.